The molecule has 0 radical (unpaired) electrons. The first-order valence-electron chi connectivity index (χ1n) is 7.06. The summed E-state index contributed by atoms with van der Waals surface area (Å²) in [5.41, 5.74) is 2.12. The molecule has 0 bridgehead atoms. The second-order valence-electron chi connectivity index (χ2n) is 5.06. The van der Waals surface area contributed by atoms with Crippen LogP contribution in [-0.2, 0) is 11.8 Å². The maximum atomic E-state index is 10.8. The van der Waals surface area contributed by atoms with Crippen molar-refractivity contribution < 1.29 is 14.5 Å². The predicted octanol–water partition coefficient (Wildman–Crippen LogP) is 1.56. The SMILES string of the molecule is C[n+]1ccccc1C=C1Sc2ccccc2N1CCC(=O)[O-]. The third-order valence-electron chi connectivity index (χ3n) is 3.54. The van der Waals surface area contributed by atoms with Gasteiger partial charge in [-0.1, -0.05) is 23.9 Å². The monoisotopic (exact) mass is 312 g/mol. The van der Waals surface area contributed by atoms with E-state index in [0.717, 1.165) is 21.3 Å². The number of anilines is 1. The molecule has 0 fully saturated rings. The van der Waals surface area contributed by atoms with Crippen LogP contribution in [0.4, 0.5) is 5.69 Å². The molecule has 2 aromatic rings. The molecule has 5 heteroatoms. The fraction of sp³-hybridized carbons (Fsp3) is 0.176. The zero-order valence-electron chi connectivity index (χ0n) is 12.2. The van der Waals surface area contributed by atoms with Crippen molar-refractivity contribution in [2.45, 2.75) is 11.3 Å². The number of carbonyl (C=O) groups is 1. The average Bonchev–Trinajstić information content (AvgIpc) is 2.85. The van der Waals surface area contributed by atoms with E-state index < -0.39 is 5.97 Å². The van der Waals surface area contributed by atoms with Gasteiger partial charge in [-0.15, -0.1) is 0 Å². The number of aromatic nitrogens is 1. The van der Waals surface area contributed by atoms with E-state index >= 15 is 0 Å². The minimum absolute atomic E-state index is 0.00709. The smallest absolute Gasteiger partial charge is 0.207 e. The largest absolute Gasteiger partial charge is 0.550 e. The molecule has 4 nitrogen and oxygen atoms in total. The summed E-state index contributed by atoms with van der Waals surface area (Å²) in [5, 5.41) is 11.9. The summed E-state index contributed by atoms with van der Waals surface area (Å²) in [6, 6.07) is 14.0. The van der Waals surface area contributed by atoms with Crippen molar-refractivity contribution in [1.29, 1.82) is 0 Å². The fourth-order valence-electron chi connectivity index (χ4n) is 2.41. The molecular weight excluding hydrogens is 296 g/mol. The zero-order valence-corrected chi connectivity index (χ0v) is 13.0. The molecule has 1 aliphatic heterocycles. The first kappa shape index (κ1) is 14.7. The Morgan fingerprint density at radius 2 is 2.05 bits per heavy atom. The van der Waals surface area contributed by atoms with Gasteiger partial charge in [0.25, 0.3) is 0 Å². The van der Waals surface area contributed by atoms with E-state index in [9.17, 15) is 9.90 Å². The van der Waals surface area contributed by atoms with Gasteiger partial charge in [-0.05, 0) is 18.2 Å². The van der Waals surface area contributed by atoms with Crippen LogP contribution in [0.15, 0.2) is 58.6 Å². The molecule has 0 N–H and O–H groups in total. The van der Waals surface area contributed by atoms with E-state index in [1.165, 1.54) is 0 Å². The Morgan fingerprint density at radius 3 is 2.82 bits per heavy atom. The molecule has 0 unspecified atom stereocenters. The Labute approximate surface area is 133 Å². The molecule has 0 aliphatic carbocycles. The molecule has 0 saturated carbocycles. The van der Waals surface area contributed by atoms with Crippen LogP contribution in [-0.4, -0.2) is 12.5 Å². The van der Waals surface area contributed by atoms with Gasteiger partial charge in [-0.3, -0.25) is 0 Å². The number of rotatable bonds is 4. The number of para-hydroxylation sites is 1. The number of aliphatic carboxylic acids is 1. The van der Waals surface area contributed by atoms with Crippen LogP contribution in [0.2, 0.25) is 0 Å². The number of carbonyl (C=O) groups excluding carboxylic acids is 1. The lowest BCUT2D eigenvalue weighted by Gasteiger charge is -2.20. The standard InChI is InChI=1S/C17H16N2O2S/c1-18-10-5-4-6-13(18)12-16-19(11-9-17(20)21)14-7-2-3-8-15(14)22-16/h2-8,10,12H,9,11H2,1H3. The maximum absolute atomic E-state index is 10.8. The van der Waals surface area contributed by atoms with Crippen LogP contribution < -0.4 is 14.6 Å². The molecule has 0 saturated heterocycles. The van der Waals surface area contributed by atoms with Crippen LogP contribution in [0.3, 0.4) is 0 Å². The minimum Gasteiger partial charge on any atom is -0.550 e. The summed E-state index contributed by atoms with van der Waals surface area (Å²) in [5.74, 6) is -1.03. The summed E-state index contributed by atoms with van der Waals surface area (Å²) in [7, 11) is 1.99. The van der Waals surface area contributed by atoms with Crippen LogP contribution in [0.25, 0.3) is 6.08 Å². The topological polar surface area (TPSA) is 47.2 Å². The van der Waals surface area contributed by atoms with Crippen molar-refractivity contribution in [2.24, 2.45) is 7.05 Å². The third kappa shape index (κ3) is 2.99. The van der Waals surface area contributed by atoms with E-state index in [1.807, 2.05) is 59.1 Å². The zero-order chi connectivity index (χ0) is 15.5. The Kier molecular flexibility index (Phi) is 4.15. The van der Waals surface area contributed by atoms with Crippen molar-refractivity contribution in [3.63, 3.8) is 0 Å². The van der Waals surface area contributed by atoms with E-state index in [1.54, 1.807) is 11.8 Å². The second kappa shape index (κ2) is 6.23. The molecule has 112 valence electrons. The lowest BCUT2D eigenvalue weighted by molar-refractivity contribution is -0.673. The molecular formula is C17H16N2O2S. The first-order valence-corrected chi connectivity index (χ1v) is 7.87. The van der Waals surface area contributed by atoms with Gasteiger partial charge in [0, 0.05) is 42.0 Å². The summed E-state index contributed by atoms with van der Waals surface area (Å²) < 4.78 is 2.04. The molecule has 1 aliphatic rings. The van der Waals surface area contributed by atoms with Gasteiger partial charge >= 0.3 is 0 Å². The second-order valence-corrected chi connectivity index (χ2v) is 6.12. The van der Waals surface area contributed by atoms with Crippen LogP contribution >= 0.6 is 11.8 Å². The predicted molar refractivity (Wildman–Crippen MR) is 84.9 cm³/mol. The number of aryl methyl sites for hydroxylation is 1. The third-order valence-corrected chi connectivity index (χ3v) is 4.66. The van der Waals surface area contributed by atoms with Crippen molar-refractivity contribution >= 4 is 29.5 Å². The van der Waals surface area contributed by atoms with Gasteiger partial charge in [-0.25, -0.2) is 4.57 Å². The van der Waals surface area contributed by atoms with Gasteiger partial charge in [0.1, 0.15) is 7.05 Å². The summed E-state index contributed by atoms with van der Waals surface area (Å²) in [6.45, 7) is 0.411. The molecule has 1 aromatic heterocycles. The first-order chi connectivity index (χ1) is 10.6. The number of hydrogen-bond acceptors (Lipinski definition) is 4. The molecule has 22 heavy (non-hydrogen) atoms. The lowest BCUT2D eigenvalue weighted by atomic mass is 10.2. The number of benzene rings is 1. The van der Waals surface area contributed by atoms with Crippen LogP contribution in [0, 0.1) is 0 Å². The molecule has 3 rings (SSSR count). The number of pyridine rings is 1. The van der Waals surface area contributed by atoms with Gasteiger partial charge in [0.15, 0.2) is 6.20 Å². The molecule has 2 heterocycles. The fourth-order valence-corrected chi connectivity index (χ4v) is 3.54. The van der Waals surface area contributed by atoms with Gasteiger partial charge in [-0.2, -0.15) is 0 Å². The van der Waals surface area contributed by atoms with Crippen molar-refractivity contribution in [1.82, 2.24) is 0 Å². The highest BCUT2D eigenvalue weighted by Crippen LogP contribution is 2.46. The highest BCUT2D eigenvalue weighted by molar-refractivity contribution is 8.03. The minimum atomic E-state index is -1.03. The Bertz CT molecular complexity index is 743. The van der Waals surface area contributed by atoms with Gasteiger partial charge < -0.3 is 14.8 Å². The highest BCUT2D eigenvalue weighted by atomic mass is 32.2. The van der Waals surface area contributed by atoms with Crippen LogP contribution in [0.1, 0.15) is 12.1 Å². The molecule has 0 spiro atoms. The number of carboxylic acid groups (broad SMARTS) is 1. The van der Waals surface area contributed by atoms with Crippen LogP contribution in [0.5, 0.6) is 0 Å². The van der Waals surface area contributed by atoms with Gasteiger partial charge in [0.2, 0.25) is 5.69 Å². The molecule has 0 atom stereocenters. The number of nitrogens with zero attached hydrogens (tertiary/aromatic N) is 2. The summed E-state index contributed by atoms with van der Waals surface area (Å²) in [4.78, 5) is 14.0. The number of hydrogen-bond donors (Lipinski definition) is 0. The van der Waals surface area contributed by atoms with Crippen molar-refractivity contribution in [2.75, 3.05) is 11.4 Å². The Hall–Kier alpha value is -2.27. The Balaban J connectivity index is 1.96. The summed E-state index contributed by atoms with van der Waals surface area (Å²) >= 11 is 1.66. The number of carboxylic acids is 1. The summed E-state index contributed by atoms with van der Waals surface area (Å²) in [6.07, 6.45) is 4.08. The average molecular weight is 312 g/mol. The molecule has 1 aromatic carbocycles. The quantitative estimate of drug-likeness (QED) is 0.804. The lowest BCUT2D eigenvalue weighted by Crippen LogP contribution is -2.32. The maximum Gasteiger partial charge on any atom is 0.207 e. The van der Waals surface area contributed by atoms with Gasteiger partial charge in [0.05, 0.1) is 10.7 Å². The van der Waals surface area contributed by atoms with E-state index in [-0.39, 0.29) is 6.42 Å². The van der Waals surface area contributed by atoms with E-state index in [4.69, 9.17) is 0 Å². The van der Waals surface area contributed by atoms with E-state index in [2.05, 4.69) is 12.1 Å². The van der Waals surface area contributed by atoms with Crippen molar-refractivity contribution in [3.05, 3.63) is 59.4 Å². The molecule has 0 amide bonds. The number of thioether (sulfide) groups is 1. The highest BCUT2D eigenvalue weighted by Gasteiger charge is 2.25. The van der Waals surface area contributed by atoms with Crippen molar-refractivity contribution in [3.8, 4) is 0 Å². The van der Waals surface area contributed by atoms with E-state index in [0.29, 0.717) is 6.54 Å². The normalized spacial score (nSPS) is 15.1. The Morgan fingerprint density at radius 1 is 1.27 bits per heavy atom. The number of fused-ring (bicyclic) bond motifs is 1.